The number of nitrogens with one attached hydrogen (secondary N) is 1. The lowest BCUT2D eigenvalue weighted by atomic mass is 10.0. The molecule has 5 nitrogen and oxygen atoms in total. The molecule has 1 N–H and O–H groups in total. The summed E-state index contributed by atoms with van der Waals surface area (Å²) in [6.07, 6.45) is 0.528. The number of furan rings is 1. The van der Waals surface area contributed by atoms with Crippen molar-refractivity contribution in [2.75, 3.05) is 6.54 Å². The van der Waals surface area contributed by atoms with E-state index in [-0.39, 0.29) is 23.4 Å². The SMILES string of the molecule is Cc1noc(C)c1Cc1ccc(C(=O)NCC(C)c2ccc(F)cc2)o1. The van der Waals surface area contributed by atoms with Crippen LogP contribution in [0.15, 0.2) is 45.3 Å². The van der Waals surface area contributed by atoms with E-state index in [2.05, 4.69) is 10.5 Å². The Balaban J connectivity index is 1.58. The number of aromatic nitrogens is 1. The van der Waals surface area contributed by atoms with Crippen LogP contribution in [0.2, 0.25) is 0 Å². The first kappa shape index (κ1) is 17.9. The normalized spacial score (nSPS) is 12.2. The summed E-state index contributed by atoms with van der Waals surface area (Å²) in [6.45, 7) is 6.13. The van der Waals surface area contributed by atoms with Crippen LogP contribution in [0.3, 0.4) is 0 Å². The fourth-order valence-electron chi connectivity index (χ4n) is 2.77. The van der Waals surface area contributed by atoms with E-state index in [1.807, 2.05) is 20.8 Å². The molecule has 0 saturated heterocycles. The molecule has 1 amide bonds. The molecule has 0 aliphatic rings. The zero-order chi connectivity index (χ0) is 18.7. The number of nitrogens with zero attached hydrogens (tertiary/aromatic N) is 1. The molecular weight excluding hydrogens is 335 g/mol. The molecule has 0 radical (unpaired) electrons. The van der Waals surface area contributed by atoms with E-state index in [9.17, 15) is 9.18 Å². The van der Waals surface area contributed by atoms with Gasteiger partial charge in [0.25, 0.3) is 5.91 Å². The van der Waals surface area contributed by atoms with Crippen LogP contribution in [0.25, 0.3) is 0 Å². The summed E-state index contributed by atoms with van der Waals surface area (Å²) in [7, 11) is 0. The summed E-state index contributed by atoms with van der Waals surface area (Å²) >= 11 is 0. The van der Waals surface area contributed by atoms with Crippen LogP contribution in [0, 0.1) is 19.7 Å². The highest BCUT2D eigenvalue weighted by Gasteiger charge is 2.16. The van der Waals surface area contributed by atoms with Gasteiger partial charge < -0.3 is 14.3 Å². The molecule has 6 heteroatoms. The first-order valence-corrected chi connectivity index (χ1v) is 8.48. The second-order valence-electron chi connectivity index (χ2n) is 6.41. The van der Waals surface area contributed by atoms with Crippen molar-refractivity contribution in [2.24, 2.45) is 0 Å². The Morgan fingerprint density at radius 2 is 1.92 bits per heavy atom. The van der Waals surface area contributed by atoms with Crippen LogP contribution in [-0.4, -0.2) is 17.6 Å². The first-order valence-electron chi connectivity index (χ1n) is 8.48. The van der Waals surface area contributed by atoms with Gasteiger partial charge >= 0.3 is 0 Å². The fourth-order valence-corrected chi connectivity index (χ4v) is 2.77. The monoisotopic (exact) mass is 356 g/mol. The van der Waals surface area contributed by atoms with E-state index in [4.69, 9.17) is 8.94 Å². The van der Waals surface area contributed by atoms with Gasteiger partial charge in [0.2, 0.25) is 0 Å². The summed E-state index contributed by atoms with van der Waals surface area (Å²) in [5.74, 6) is 1.21. The summed E-state index contributed by atoms with van der Waals surface area (Å²) in [5.41, 5.74) is 2.75. The van der Waals surface area contributed by atoms with Crippen molar-refractivity contribution >= 4 is 5.91 Å². The summed E-state index contributed by atoms with van der Waals surface area (Å²) in [6, 6.07) is 9.72. The lowest BCUT2D eigenvalue weighted by molar-refractivity contribution is 0.0922. The van der Waals surface area contributed by atoms with Gasteiger partial charge in [0, 0.05) is 18.5 Å². The van der Waals surface area contributed by atoms with Crippen LogP contribution >= 0.6 is 0 Å². The molecule has 1 aromatic carbocycles. The molecule has 136 valence electrons. The number of hydrogen-bond donors (Lipinski definition) is 1. The number of carbonyl (C=O) groups is 1. The number of hydrogen-bond acceptors (Lipinski definition) is 4. The second kappa shape index (κ2) is 7.56. The van der Waals surface area contributed by atoms with Crippen molar-refractivity contribution < 1.29 is 18.1 Å². The molecule has 0 bridgehead atoms. The standard InChI is InChI=1S/C20H21FN2O3/c1-12(15-4-6-16(21)7-5-15)11-22-20(24)19-9-8-17(25-19)10-18-13(2)23-26-14(18)3/h4-9,12H,10-11H2,1-3H3,(H,22,24). The minimum Gasteiger partial charge on any atom is -0.456 e. The lowest BCUT2D eigenvalue weighted by Gasteiger charge is -2.12. The van der Waals surface area contributed by atoms with E-state index < -0.39 is 0 Å². The van der Waals surface area contributed by atoms with E-state index in [1.165, 1.54) is 12.1 Å². The van der Waals surface area contributed by atoms with Crippen LogP contribution in [0.5, 0.6) is 0 Å². The number of amides is 1. The van der Waals surface area contributed by atoms with Crippen molar-refractivity contribution in [3.05, 3.63) is 76.3 Å². The van der Waals surface area contributed by atoms with E-state index in [1.54, 1.807) is 24.3 Å². The Morgan fingerprint density at radius 1 is 1.19 bits per heavy atom. The zero-order valence-corrected chi connectivity index (χ0v) is 15.0. The molecule has 0 fully saturated rings. The fraction of sp³-hybridized carbons (Fsp3) is 0.300. The first-order chi connectivity index (χ1) is 12.4. The highest BCUT2D eigenvalue weighted by atomic mass is 19.1. The molecule has 1 atom stereocenters. The van der Waals surface area contributed by atoms with Gasteiger partial charge in [0.1, 0.15) is 17.3 Å². The maximum Gasteiger partial charge on any atom is 0.287 e. The second-order valence-corrected chi connectivity index (χ2v) is 6.41. The van der Waals surface area contributed by atoms with Crippen molar-refractivity contribution in [3.8, 4) is 0 Å². The lowest BCUT2D eigenvalue weighted by Crippen LogP contribution is -2.27. The van der Waals surface area contributed by atoms with Gasteiger partial charge in [-0.25, -0.2) is 4.39 Å². The quantitative estimate of drug-likeness (QED) is 0.720. The summed E-state index contributed by atoms with van der Waals surface area (Å²) < 4.78 is 23.8. The smallest absolute Gasteiger partial charge is 0.287 e. The molecule has 0 spiro atoms. The number of carbonyl (C=O) groups excluding carboxylic acids is 1. The minimum atomic E-state index is -0.274. The Hall–Kier alpha value is -2.89. The molecule has 3 rings (SSSR count). The summed E-state index contributed by atoms with van der Waals surface area (Å²) in [4.78, 5) is 12.3. The van der Waals surface area contributed by atoms with Gasteiger partial charge in [-0.1, -0.05) is 24.2 Å². The van der Waals surface area contributed by atoms with E-state index in [0.717, 1.165) is 22.6 Å². The van der Waals surface area contributed by atoms with Crippen molar-refractivity contribution in [1.29, 1.82) is 0 Å². The number of aryl methyl sites for hydroxylation is 2. The van der Waals surface area contributed by atoms with Crippen LogP contribution in [0.1, 0.15) is 51.7 Å². The predicted octanol–water partition coefficient (Wildman–Crippen LogP) is 4.15. The average molecular weight is 356 g/mol. The average Bonchev–Trinajstić information content (AvgIpc) is 3.22. The van der Waals surface area contributed by atoms with Crippen molar-refractivity contribution in [2.45, 2.75) is 33.1 Å². The topological polar surface area (TPSA) is 68.3 Å². The molecule has 2 aromatic heterocycles. The highest BCUT2D eigenvalue weighted by Crippen LogP contribution is 2.19. The number of halogens is 1. The van der Waals surface area contributed by atoms with Gasteiger partial charge in [-0.3, -0.25) is 4.79 Å². The Morgan fingerprint density at radius 3 is 2.58 bits per heavy atom. The molecule has 3 aromatic rings. The van der Waals surface area contributed by atoms with Gasteiger partial charge in [0.05, 0.1) is 5.69 Å². The molecule has 2 heterocycles. The molecule has 0 aliphatic carbocycles. The molecule has 0 saturated carbocycles. The third-order valence-corrected chi connectivity index (χ3v) is 4.43. The Labute approximate surface area is 151 Å². The van der Waals surface area contributed by atoms with Crippen molar-refractivity contribution in [1.82, 2.24) is 10.5 Å². The van der Waals surface area contributed by atoms with Gasteiger partial charge in [-0.2, -0.15) is 0 Å². The van der Waals surface area contributed by atoms with E-state index in [0.29, 0.717) is 18.7 Å². The Bertz CT molecular complexity index is 877. The van der Waals surface area contributed by atoms with Gasteiger partial charge in [-0.15, -0.1) is 0 Å². The van der Waals surface area contributed by atoms with Crippen LogP contribution in [-0.2, 0) is 6.42 Å². The maximum absolute atomic E-state index is 13.0. The van der Waals surface area contributed by atoms with Gasteiger partial charge in [-0.05, 0) is 49.6 Å². The molecule has 26 heavy (non-hydrogen) atoms. The van der Waals surface area contributed by atoms with Crippen LogP contribution < -0.4 is 5.32 Å². The van der Waals surface area contributed by atoms with Crippen LogP contribution in [0.4, 0.5) is 4.39 Å². The van der Waals surface area contributed by atoms with E-state index >= 15 is 0 Å². The largest absolute Gasteiger partial charge is 0.456 e. The third-order valence-electron chi connectivity index (χ3n) is 4.43. The Kier molecular flexibility index (Phi) is 5.21. The third kappa shape index (κ3) is 4.02. The zero-order valence-electron chi connectivity index (χ0n) is 15.0. The highest BCUT2D eigenvalue weighted by molar-refractivity contribution is 5.91. The maximum atomic E-state index is 13.0. The number of benzene rings is 1. The number of rotatable bonds is 6. The summed E-state index contributed by atoms with van der Waals surface area (Å²) in [5, 5.41) is 6.77. The molecule has 0 aliphatic heterocycles. The minimum absolute atomic E-state index is 0.0660. The van der Waals surface area contributed by atoms with Gasteiger partial charge in [0.15, 0.2) is 5.76 Å². The molecule has 1 unspecified atom stereocenters. The van der Waals surface area contributed by atoms with Crippen molar-refractivity contribution in [3.63, 3.8) is 0 Å². The predicted molar refractivity (Wildman–Crippen MR) is 94.6 cm³/mol. The molecular formula is C20H21FN2O3.